The molecule has 0 aromatic rings. The Bertz CT molecular complexity index is 344. The van der Waals surface area contributed by atoms with E-state index in [9.17, 15) is 9.59 Å². The number of carboxylic acid groups (broad SMARTS) is 1. The number of amides is 1. The molecular weight excluding hydrogens is 258 g/mol. The fourth-order valence-electron chi connectivity index (χ4n) is 3.19. The van der Waals surface area contributed by atoms with E-state index in [2.05, 4.69) is 5.32 Å². The van der Waals surface area contributed by atoms with Crippen LogP contribution in [0.2, 0.25) is 0 Å². The van der Waals surface area contributed by atoms with E-state index < -0.39 is 12.1 Å². The summed E-state index contributed by atoms with van der Waals surface area (Å²) in [5.41, 5.74) is 0. The molecule has 5 nitrogen and oxygen atoms in total. The fraction of sp³-hybridized carbons (Fsp3) is 0.867. The number of ether oxygens (including phenoxy) is 1. The molecule has 0 aliphatic heterocycles. The van der Waals surface area contributed by atoms with E-state index in [1.54, 1.807) is 6.92 Å². The largest absolute Gasteiger partial charge is 0.481 e. The first-order chi connectivity index (χ1) is 9.56. The molecule has 0 heterocycles. The number of carbonyl (C=O) groups excluding carboxylic acids is 1. The highest BCUT2D eigenvalue weighted by Crippen LogP contribution is 2.27. The van der Waals surface area contributed by atoms with Gasteiger partial charge in [0.05, 0.1) is 12.0 Å². The van der Waals surface area contributed by atoms with Crippen LogP contribution in [0.5, 0.6) is 0 Å². The average Bonchev–Trinajstić information content (AvgIpc) is 2.92. The van der Waals surface area contributed by atoms with Crippen molar-refractivity contribution in [3.8, 4) is 0 Å². The summed E-state index contributed by atoms with van der Waals surface area (Å²) >= 11 is 0. The van der Waals surface area contributed by atoms with Crippen LogP contribution in [0.1, 0.15) is 58.3 Å². The lowest BCUT2D eigenvalue weighted by molar-refractivity contribution is -0.146. The van der Waals surface area contributed by atoms with Gasteiger partial charge in [-0.3, -0.25) is 9.59 Å². The summed E-state index contributed by atoms with van der Waals surface area (Å²) in [5, 5.41) is 12.0. The Kier molecular flexibility index (Phi) is 5.40. The molecule has 0 aromatic heterocycles. The van der Waals surface area contributed by atoms with Gasteiger partial charge in [0, 0.05) is 6.04 Å². The van der Waals surface area contributed by atoms with Crippen LogP contribution in [0.4, 0.5) is 0 Å². The zero-order valence-corrected chi connectivity index (χ0v) is 12.1. The third kappa shape index (κ3) is 4.20. The maximum Gasteiger partial charge on any atom is 0.306 e. The van der Waals surface area contributed by atoms with Crippen LogP contribution in [0.25, 0.3) is 0 Å². The molecular formula is C15H25NO4. The van der Waals surface area contributed by atoms with Crippen LogP contribution in [-0.4, -0.2) is 35.2 Å². The van der Waals surface area contributed by atoms with E-state index in [0.717, 1.165) is 25.7 Å². The monoisotopic (exact) mass is 283 g/mol. The minimum atomic E-state index is -0.713. The molecule has 0 radical (unpaired) electrons. The number of rotatable bonds is 5. The molecule has 114 valence electrons. The van der Waals surface area contributed by atoms with E-state index in [4.69, 9.17) is 9.84 Å². The molecule has 2 rings (SSSR count). The van der Waals surface area contributed by atoms with Crippen LogP contribution in [0.3, 0.4) is 0 Å². The summed E-state index contributed by atoms with van der Waals surface area (Å²) in [5.74, 6) is -0.981. The van der Waals surface area contributed by atoms with E-state index >= 15 is 0 Å². The van der Waals surface area contributed by atoms with Crippen molar-refractivity contribution in [1.29, 1.82) is 0 Å². The Labute approximate surface area is 120 Å². The van der Waals surface area contributed by atoms with Crippen LogP contribution in [0, 0.1) is 5.92 Å². The first-order valence-corrected chi connectivity index (χ1v) is 7.75. The molecule has 1 atom stereocenters. The third-order valence-electron chi connectivity index (χ3n) is 4.49. The summed E-state index contributed by atoms with van der Waals surface area (Å²) < 4.78 is 5.79. The van der Waals surface area contributed by atoms with Crippen molar-refractivity contribution in [2.24, 2.45) is 5.92 Å². The molecule has 2 aliphatic carbocycles. The smallest absolute Gasteiger partial charge is 0.306 e. The van der Waals surface area contributed by atoms with Gasteiger partial charge in [-0.1, -0.05) is 12.8 Å². The summed E-state index contributed by atoms with van der Waals surface area (Å²) in [6.45, 7) is 1.79. The van der Waals surface area contributed by atoms with Gasteiger partial charge in [-0.05, 0) is 45.4 Å². The van der Waals surface area contributed by atoms with Crippen molar-refractivity contribution in [3.05, 3.63) is 0 Å². The molecule has 0 aromatic carbocycles. The van der Waals surface area contributed by atoms with Crippen LogP contribution >= 0.6 is 0 Å². The molecule has 0 bridgehead atoms. The maximum absolute atomic E-state index is 12.0. The topological polar surface area (TPSA) is 75.6 Å². The molecule has 0 saturated heterocycles. The highest BCUT2D eigenvalue weighted by atomic mass is 16.5. The quantitative estimate of drug-likeness (QED) is 0.810. The number of carbonyl (C=O) groups is 2. The van der Waals surface area contributed by atoms with Gasteiger partial charge in [-0.25, -0.2) is 0 Å². The SMILES string of the molecule is CC(OC1CCC(C(=O)O)CC1)C(=O)NC1CCCC1. The molecule has 1 unspecified atom stereocenters. The molecule has 2 fully saturated rings. The predicted molar refractivity (Wildman–Crippen MR) is 74.3 cm³/mol. The van der Waals surface area contributed by atoms with Gasteiger partial charge in [0.2, 0.25) is 5.91 Å². The molecule has 2 aliphatic rings. The van der Waals surface area contributed by atoms with Crippen molar-refractivity contribution < 1.29 is 19.4 Å². The minimum Gasteiger partial charge on any atom is -0.481 e. The summed E-state index contributed by atoms with van der Waals surface area (Å²) in [4.78, 5) is 22.9. The second kappa shape index (κ2) is 7.07. The van der Waals surface area contributed by atoms with Crippen LogP contribution < -0.4 is 5.32 Å². The molecule has 1 amide bonds. The second-order valence-electron chi connectivity index (χ2n) is 6.08. The van der Waals surface area contributed by atoms with Crippen molar-refractivity contribution in [1.82, 2.24) is 5.32 Å². The second-order valence-corrected chi connectivity index (χ2v) is 6.08. The van der Waals surface area contributed by atoms with Gasteiger partial charge in [0.25, 0.3) is 0 Å². The predicted octanol–water partition coefficient (Wildman–Crippen LogP) is 2.09. The van der Waals surface area contributed by atoms with E-state index in [-0.39, 0.29) is 17.9 Å². The molecule has 5 heteroatoms. The minimum absolute atomic E-state index is 0.0231. The number of nitrogens with one attached hydrogen (secondary N) is 1. The standard InChI is InChI=1S/C15H25NO4/c1-10(14(17)16-12-4-2-3-5-12)20-13-8-6-11(7-9-13)15(18)19/h10-13H,2-9H2,1H3,(H,16,17)(H,18,19). The molecule has 2 saturated carbocycles. The third-order valence-corrected chi connectivity index (χ3v) is 4.49. The highest BCUT2D eigenvalue weighted by Gasteiger charge is 2.29. The van der Waals surface area contributed by atoms with Crippen LogP contribution in [-0.2, 0) is 14.3 Å². The van der Waals surface area contributed by atoms with E-state index in [0.29, 0.717) is 18.9 Å². The lowest BCUT2D eigenvalue weighted by Gasteiger charge is -2.28. The van der Waals surface area contributed by atoms with Gasteiger partial charge >= 0.3 is 5.97 Å². The first kappa shape index (κ1) is 15.3. The number of hydrogen-bond donors (Lipinski definition) is 2. The van der Waals surface area contributed by atoms with E-state index in [1.165, 1.54) is 12.8 Å². The Morgan fingerprint density at radius 2 is 1.70 bits per heavy atom. The van der Waals surface area contributed by atoms with Gasteiger partial charge in [-0.2, -0.15) is 0 Å². The average molecular weight is 283 g/mol. The Morgan fingerprint density at radius 1 is 1.10 bits per heavy atom. The molecule has 20 heavy (non-hydrogen) atoms. The van der Waals surface area contributed by atoms with Crippen molar-refractivity contribution in [2.75, 3.05) is 0 Å². The van der Waals surface area contributed by atoms with Gasteiger partial charge in [0.15, 0.2) is 0 Å². The van der Waals surface area contributed by atoms with Gasteiger partial charge in [0.1, 0.15) is 6.10 Å². The van der Waals surface area contributed by atoms with Crippen molar-refractivity contribution >= 4 is 11.9 Å². The normalized spacial score (nSPS) is 29.1. The first-order valence-electron chi connectivity index (χ1n) is 7.75. The van der Waals surface area contributed by atoms with Crippen molar-refractivity contribution in [3.63, 3.8) is 0 Å². The lowest BCUT2D eigenvalue weighted by atomic mass is 9.87. The van der Waals surface area contributed by atoms with Crippen molar-refractivity contribution in [2.45, 2.75) is 76.5 Å². The fourth-order valence-corrected chi connectivity index (χ4v) is 3.19. The molecule has 0 spiro atoms. The summed E-state index contributed by atoms with van der Waals surface area (Å²) in [6.07, 6.45) is 6.88. The number of aliphatic carboxylic acids is 1. The Morgan fingerprint density at radius 3 is 2.25 bits per heavy atom. The highest BCUT2D eigenvalue weighted by molar-refractivity contribution is 5.80. The van der Waals surface area contributed by atoms with Gasteiger partial charge in [-0.15, -0.1) is 0 Å². The van der Waals surface area contributed by atoms with Crippen LogP contribution in [0.15, 0.2) is 0 Å². The lowest BCUT2D eigenvalue weighted by Crippen LogP contribution is -2.42. The molecule has 2 N–H and O–H groups in total. The zero-order valence-electron chi connectivity index (χ0n) is 12.1. The summed E-state index contributed by atoms with van der Waals surface area (Å²) in [6, 6.07) is 0.316. The summed E-state index contributed by atoms with van der Waals surface area (Å²) in [7, 11) is 0. The number of hydrogen-bond acceptors (Lipinski definition) is 3. The zero-order chi connectivity index (χ0) is 14.5. The van der Waals surface area contributed by atoms with Gasteiger partial charge < -0.3 is 15.2 Å². The Hall–Kier alpha value is -1.10. The van der Waals surface area contributed by atoms with E-state index in [1.807, 2.05) is 0 Å². The number of carboxylic acids is 1. The Balaban J connectivity index is 1.70. The maximum atomic E-state index is 12.0.